The first-order chi connectivity index (χ1) is 6.13. The molecule has 0 heterocycles. The molecule has 0 saturated carbocycles. The van der Waals surface area contributed by atoms with E-state index in [4.69, 9.17) is 10.8 Å². The van der Waals surface area contributed by atoms with Gasteiger partial charge in [0.05, 0.1) is 5.92 Å². The zero-order valence-electron chi connectivity index (χ0n) is 7.47. The smallest absolute Gasteiger partial charge is 0.312 e. The van der Waals surface area contributed by atoms with Gasteiger partial charge in [0.1, 0.15) is 0 Å². The monoisotopic (exact) mass is 179 g/mol. The molecule has 13 heavy (non-hydrogen) atoms. The van der Waals surface area contributed by atoms with Crippen LogP contribution >= 0.6 is 0 Å². The number of hydrogen-bond donors (Lipinski definition) is 2. The highest BCUT2D eigenvalue weighted by molar-refractivity contribution is 5.76. The van der Waals surface area contributed by atoms with E-state index < -0.39 is 11.9 Å². The molecule has 3 heteroatoms. The molecule has 3 N–H and O–H groups in total. The van der Waals surface area contributed by atoms with Crippen molar-refractivity contribution in [2.45, 2.75) is 18.9 Å². The van der Waals surface area contributed by atoms with Gasteiger partial charge in [-0.3, -0.25) is 4.79 Å². The van der Waals surface area contributed by atoms with Crippen molar-refractivity contribution < 1.29 is 9.90 Å². The number of hydrogen-bond acceptors (Lipinski definition) is 2. The molecule has 1 aromatic carbocycles. The molecular formula is C10H13NO2. The third-order valence-corrected chi connectivity index (χ3v) is 1.95. The van der Waals surface area contributed by atoms with Gasteiger partial charge >= 0.3 is 5.97 Å². The topological polar surface area (TPSA) is 63.3 Å². The van der Waals surface area contributed by atoms with Crippen LogP contribution in [0.25, 0.3) is 0 Å². The molecule has 0 aliphatic heterocycles. The van der Waals surface area contributed by atoms with Crippen LogP contribution in [-0.4, -0.2) is 17.1 Å². The minimum Gasteiger partial charge on any atom is -0.481 e. The van der Waals surface area contributed by atoms with E-state index in [0.717, 1.165) is 5.56 Å². The van der Waals surface area contributed by atoms with Gasteiger partial charge in [-0.1, -0.05) is 30.3 Å². The van der Waals surface area contributed by atoms with Crippen molar-refractivity contribution >= 4 is 5.97 Å². The summed E-state index contributed by atoms with van der Waals surface area (Å²) in [7, 11) is 0. The van der Waals surface area contributed by atoms with Crippen molar-refractivity contribution in [1.82, 2.24) is 0 Å². The van der Waals surface area contributed by atoms with Crippen LogP contribution in [0.1, 0.15) is 18.4 Å². The van der Waals surface area contributed by atoms with Crippen molar-refractivity contribution in [2.24, 2.45) is 5.73 Å². The van der Waals surface area contributed by atoms with E-state index in [9.17, 15) is 4.79 Å². The second kappa shape index (κ2) is 4.05. The van der Waals surface area contributed by atoms with Gasteiger partial charge in [-0.25, -0.2) is 0 Å². The minimum atomic E-state index is -0.874. The third-order valence-electron chi connectivity index (χ3n) is 1.95. The van der Waals surface area contributed by atoms with Gasteiger partial charge in [0, 0.05) is 6.04 Å². The Morgan fingerprint density at radius 2 is 1.92 bits per heavy atom. The van der Waals surface area contributed by atoms with Crippen molar-refractivity contribution in [1.29, 1.82) is 0 Å². The first-order valence-electron chi connectivity index (χ1n) is 4.16. The molecule has 0 bridgehead atoms. The normalized spacial score (nSPS) is 14.9. The number of carbonyl (C=O) groups is 1. The van der Waals surface area contributed by atoms with Crippen LogP contribution in [0.4, 0.5) is 0 Å². The summed E-state index contributed by atoms with van der Waals surface area (Å²) in [5.74, 6) is -1.48. The van der Waals surface area contributed by atoms with Gasteiger partial charge in [-0.15, -0.1) is 0 Å². The van der Waals surface area contributed by atoms with Crippen LogP contribution in [0.5, 0.6) is 0 Å². The Balaban J connectivity index is 2.96. The first-order valence-corrected chi connectivity index (χ1v) is 4.16. The number of nitrogens with two attached hydrogens (primary N) is 1. The second-order valence-corrected chi connectivity index (χ2v) is 3.09. The summed E-state index contributed by atoms with van der Waals surface area (Å²) in [5, 5.41) is 8.92. The average Bonchev–Trinajstić information content (AvgIpc) is 2.04. The van der Waals surface area contributed by atoms with Crippen molar-refractivity contribution in [2.75, 3.05) is 0 Å². The Morgan fingerprint density at radius 1 is 1.38 bits per heavy atom. The van der Waals surface area contributed by atoms with Crippen molar-refractivity contribution in [3.05, 3.63) is 35.9 Å². The summed E-state index contributed by atoms with van der Waals surface area (Å²) in [6, 6.07) is 8.66. The maximum atomic E-state index is 10.9. The van der Waals surface area contributed by atoms with Gasteiger partial charge in [0.15, 0.2) is 0 Å². The zero-order chi connectivity index (χ0) is 9.84. The number of aliphatic carboxylic acids is 1. The molecule has 0 saturated heterocycles. The van der Waals surface area contributed by atoms with Crippen LogP contribution in [0.15, 0.2) is 30.3 Å². The van der Waals surface area contributed by atoms with Gasteiger partial charge in [-0.05, 0) is 12.5 Å². The van der Waals surface area contributed by atoms with Gasteiger partial charge in [0.25, 0.3) is 0 Å². The highest BCUT2D eigenvalue weighted by Crippen LogP contribution is 2.18. The summed E-state index contributed by atoms with van der Waals surface area (Å²) in [6.45, 7) is 1.70. The van der Waals surface area contributed by atoms with E-state index in [1.54, 1.807) is 19.1 Å². The average molecular weight is 179 g/mol. The molecule has 0 radical (unpaired) electrons. The molecule has 1 unspecified atom stereocenters. The predicted molar refractivity (Wildman–Crippen MR) is 50.5 cm³/mol. The quantitative estimate of drug-likeness (QED) is 0.732. The minimum absolute atomic E-state index is 0.375. The van der Waals surface area contributed by atoms with Gasteiger partial charge in [-0.2, -0.15) is 0 Å². The summed E-state index contributed by atoms with van der Waals surface area (Å²) >= 11 is 0. The maximum absolute atomic E-state index is 10.9. The maximum Gasteiger partial charge on any atom is 0.312 e. The molecule has 0 amide bonds. The van der Waals surface area contributed by atoms with E-state index in [1.807, 2.05) is 18.2 Å². The fraction of sp³-hybridized carbons (Fsp3) is 0.300. The molecule has 1 rings (SSSR count). The molecule has 0 aliphatic rings. The third kappa shape index (κ3) is 2.29. The fourth-order valence-electron chi connectivity index (χ4n) is 1.33. The Kier molecular flexibility index (Phi) is 3.03. The van der Waals surface area contributed by atoms with Crippen molar-refractivity contribution in [3.63, 3.8) is 0 Å². The van der Waals surface area contributed by atoms with Crippen LogP contribution in [0, 0.1) is 0 Å². The zero-order valence-corrected chi connectivity index (χ0v) is 7.47. The van der Waals surface area contributed by atoms with E-state index in [1.165, 1.54) is 0 Å². The van der Waals surface area contributed by atoms with E-state index in [2.05, 4.69) is 0 Å². The molecule has 0 aliphatic carbocycles. The van der Waals surface area contributed by atoms with Crippen LogP contribution in [0.2, 0.25) is 0 Å². The molecule has 3 nitrogen and oxygen atoms in total. The lowest BCUT2D eigenvalue weighted by Gasteiger charge is -2.15. The number of carboxylic acids is 1. The van der Waals surface area contributed by atoms with Crippen LogP contribution < -0.4 is 5.73 Å². The molecule has 0 spiro atoms. The Labute approximate surface area is 77.2 Å². The summed E-state index contributed by atoms with van der Waals surface area (Å²) in [4.78, 5) is 10.9. The lowest BCUT2D eigenvalue weighted by molar-refractivity contribution is -0.139. The Bertz CT molecular complexity index is 282. The van der Waals surface area contributed by atoms with E-state index in [-0.39, 0.29) is 6.04 Å². The Morgan fingerprint density at radius 3 is 2.31 bits per heavy atom. The molecule has 0 aromatic heterocycles. The van der Waals surface area contributed by atoms with Crippen LogP contribution in [-0.2, 0) is 4.79 Å². The van der Waals surface area contributed by atoms with Gasteiger partial charge < -0.3 is 10.8 Å². The number of benzene rings is 1. The molecule has 2 atom stereocenters. The van der Waals surface area contributed by atoms with E-state index >= 15 is 0 Å². The largest absolute Gasteiger partial charge is 0.481 e. The highest BCUT2D eigenvalue weighted by atomic mass is 16.4. The standard InChI is InChI=1S/C10H13NO2/c1-7(11)9(10(12)13)8-5-3-2-4-6-8/h2-7,9H,11H2,1H3,(H,12,13)/t7-,9?/m0/s1. The first kappa shape index (κ1) is 9.74. The summed E-state index contributed by atoms with van der Waals surface area (Å²) < 4.78 is 0. The molecule has 0 fully saturated rings. The second-order valence-electron chi connectivity index (χ2n) is 3.09. The predicted octanol–water partition coefficient (Wildman–Crippen LogP) is 1.20. The number of carboxylic acid groups (broad SMARTS) is 1. The Hall–Kier alpha value is -1.35. The lowest BCUT2D eigenvalue weighted by Crippen LogP contribution is -2.30. The SMILES string of the molecule is C[C@H](N)C(C(=O)O)c1ccccc1. The molecule has 1 aromatic rings. The van der Waals surface area contributed by atoms with Gasteiger partial charge in [0.2, 0.25) is 0 Å². The number of rotatable bonds is 3. The highest BCUT2D eigenvalue weighted by Gasteiger charge is 2.23. The molecule has 70 valence electrons. The molecular weight excluding hydrogens is 166 g/mol. The summed E-state index contributed by atoms with van der Waals surface area (Å²) in [6.07, 6.45) is 0. The fourth-order valence-corrected chi connectivity index (χ4v) is 1.33. The lowest BCUT2D eigenvalue weighted by atomic mass is 9.93. The summed E-state index contributed by atoms with van der Waals surface area (Å²) in [5.41, 5.74) is 6.34. The van der Waals surface area contributed by atoms with Crippen molar-refractivity contribution in [3.8, 4) is 0 Å². The van der Waals surface area contributed by atoms with E-state index in [0.29, 0.717) is 0 Å². The van der Waals surface area contributed by atoms with Crippen LogP contribution in [0.3, 0.4) is 0 Å².